The van der Waals surface area contributed by atoms with Crippen molar-refractivity contribution in [1.82, 2.24) is 9.55 Å². The van der Waals surface area contributed by atoms with Crippen LogP contribution in [0.5, 0.6) is 0 Å². The van der Waals surface area contributed by atoms with Gasteiger partial charge in [-0.25, -0.2) is 4.98 Å². The zero-order chi connectivity index (χ0) is 12.3. The third kappa shape index (κ3) is 1.26. The molecule has 4 rings (SSSR count). The lowest BCUT2D eigenvalue weighted by molar-refractivity contribution is 0.572. The highest BCUT2D eigenvalue weighted by molar-refractivity contribution is 5.82. The van der Waals surface area contributed by atoms with Crippen molar-refractivity contribution in [3.8, 4) is 6.07 Å². The third-order valence-corrected chi connectivity index (χ3v) is 4.68. The molecule has 0 saturated heterocycles. The van der Waals surface area contributed by atoms with Crippen molar-refractivity contribution < 1.29 is 0 Å². The van der Waals surface area contributed by atoms with E-state index in [0.29, 0.717) is 11.5 Å². The van der Waals surface area contributed by atoms with Gasteiger partial charge in [0.2, 0.25) is 0 Å². The van der Waals surface area contributed by atoms with Gasteiger partial charge in [0.25, 0.3) is 0 Å². The van der Waals surface area contributed by atoms with Crippen molar-refractivity contribution in [1.29, 1.82) is 5.26 Å². The first kappa shape index (κ1) is 10.1. The molecule has 2 saturated carbocycles. The van der Waals surface area contributed by atoms with Crippen molar-refractivity contribution in [2.45, 2.75) is 25.2 Å². The van der Waals surface area contributed by atoms with Crippen LogP contribution in [0.25, 0.3) is 11.0 Å². The molecule has 2 fully saturated rings. The molecule has 90 valence electrons. The van der Waals surface area contributed by atoms with E-state index in [2.05, 4.69) is 23.8 Å². The smallest absolute Gasteiger partial charge is 0.112 e. The molecule has 3 nitrogen and oxygen atoms in total. The summed E-state index contributed by atoms with van der Waals surface area (Å²) in [7, 11) is 2.08. The lowest BCUT2D eigenvalue weighted by atomic mass is 10.0. The summed E-state index contributed by atoms with van der Waals surface area (Å²) in [5.41, 5.74) is 2.65. The molecule has 0 spiro atoms. The summed E-state index contributed by atoms with van der Waals surface area (Å²) in [5, 5.41) is 9.15. The quantitative estimate of drug-likeness (QED) is 0.765. The molecule has 0 amide bonds. The van der Waals surface area contributed by atoms with Crippen molar-refractivity contribution in [2.24, 2.45) is 18.9 Å². The monoisotopic (exact) mass is 237 g/mol. The first-order valence-electron chi connectivity index (χ1n) is 6.63. The second kappa shape index (κ2) is 3.35. The maximum Gasteiger partial charge on any atom is 0.112 e. The van der Waals surface area contributed by atoms with Crippen molar-refractivity contribution in [3.63, 3.8) is 0 Å². The van der Waals surface area contributed by atoms with Gasteiger partial charge in [0.1, 0.15) is 17.4 Å². The molecule has 3 heteroatoms. The van der Waals surface area contributed by atoms with Crippen LogP contribution in [0, 0.1) is 23.2 Å². The van der Waals surface area contributed by atoms with Crippen molar-refractivity contribution in [2.75, 3.05) is 0 Å². The van der Waals surface area contributed by atoms with E-state index in [1.54, 1.807) is 0 Å². The van der Waals surface area contributed by atoms with E-state index in [-0.39, 0.29) is 0 Å². The van der Waals surface area contributed by atoms with E-state index in [1.807, 2.05) is 12.1 Å². The minimum atomic E-state index is 0.609. The average Bonchev–Trinajstić information content (AvgIpc) is 2.85. The Morgan fingerprint density at radius 2 is 2.06 bits per heavy atom. The van der Waals surface area contributed by atoms with Crippen LogP contribution >= 0.6 is 0 Å². The van der Waals surface area contributed by atoms with Gasteiger partial charge in [-0.2, -0.15) is 5.26 Å². The molecule has 2 atom stereocenters. The first-order chi connectivity index (χ1) is 8.78. The largest absolute Gasteiger partial charge is 0.331 e. The van der Waals surface area contributed by atoms with Gasteiger partial charge in [0.15, 0.2) is 0 Å². The predicted molar refractivity (Wildman–Crippen MR) is 69.0 cm³/mol. The second-order valence-corrected chi connectivity index (χ2v) is 5.74. The normalized spacial score (nSPS) is 29.2. The minimum Gasteiger partial charge on any atom is -0.331 e. The summed E-state index contributed by atoms with van der Waals surface area (Å²) < 4.78 is 2.19. The number of para-hydroxylation sites is 1. The van der Waals surface area contributed by atoms with E-state index in [1.165, 1.54) is 25.1 Å². The van der Waals surface area contributed by atoms with Crippen LogP contribution < -0.4 is 0 Å². The summed E-state index contributed by atoms with van der Waals surface area (Å²) in [6, 6.07) is 8.10. The molecule has 18 heavy (non-hydrogen) atoms. The highest BCUT2D eigenvalue weighted by atomic mass is 15.1. The van der Waals surface area contributed by atoms with Gasteiger partial charge in [-0.05, 0) is 43.2 Å². The van der Waals surface area contributed by atoms with E-state index >= 15 is 0 Å². The molecule has 0 N–H and O–H groups in total. The number of hydrogen-bond acceptors (Lipinski definition) is 2. The number of aryl methyl sites for hydroxylation is 1. The van der Waals surface area contributed by atoms with Crippen LogP contribution in [0.15, 0.2) is 18.2 Å². The molecule has 0 bridgehead atoms. The Labute approximate surface area is 106 Å². The van der Waals surface area contributed by atoms with Crippen molar-refractivity contribution >= 4 is 11.0 Å². The summed E-state index contributed by atoms with van der Waals surface area (Å²) in [5.74, 6) is 3.72. The summed E-state index contributed by atoms with van der Waals surface area (Å²) in [4.78, 5) is 4.76. The molecule has 1 heterocycles. The molecule has 2 aliphatic rings. The van der Waals surface area contributed by atoms with E-state index in [0.717, 1.165) is 22.9 Å². The fourth-order valence-corrected chi connectivity index (χ4v) is 3.61. The van der Waals surface area contributed by atoms with Crippen LogP contribution in [-0.4, -0.2) is 9.55 Å². The highest BCUT2D eigenvalue weighted by Gasteiger charge is 2.47. The Bertz CT molecular complexity index is 667. The number of nitriles is 1. The fourth-order valence-electron chi connectivity index (χ4n) is 3.61. The van der Waals surface area contributed by atoms with Gasteiger partial charge in [0, 0.05) is 13.0 Å². The standard InChI is InChI=1S/C15H15N3/c1-18-13-4-2-3-9(8-16)14(13)17-15(18)12-6-10-5-11(10)7-12/h2-4,10-12H,5-7H2,1H3. The molecular formula is C15H15N3. The van der Waals surface area contributed by atoms with Gasteiger partial charge in [0.05, 0.1) is 11.1 Å². The Balaban J connectivity index is 1.86. The van der Waals surface area contributed by atoms with Crippen molar-refractivity contribution in [3.05, 3.63) is 29.6 Å². The predicted octanol–water partition coefficient (Wildman–Crippen LogP) is 2.96. The van der Waals surface area contributed by atoms with Crippen LogP contribution in [0.3, 0.4) is 0 Å². The molecular weight excluding hydrogens is 222 g/mol. The van der Waals surface area contributed by atoms with Gasteiger partial charge >= 0.3 is 0 Å². The van der Waals surface area contributed by atoms with E-state index in [9.17, 15) is 0 Å². The molecule has 2 aliphatic carbocycles. The van der Waals surface area contributed by atoms with Crippen LogP contribution in [0.2, 0.25) is 0 Å². The van der Waals surface area contributed by atoms with E-state index in [4.69, 9.17) is 10.2 Å². The molecule has 0 aliphatic heterocycles. The lowest BCUT2D eigenvalue weighted by Gasteiger charge is -2.11. The Morgan fingerprint density at radius 3 is 2.78 bits per heavy atom. The lowest BCUT2D eigenvalue weighted by Crippen LogP contribution is -2.04. The number of benzene rings is 1. The minimum absolute atomic E-state index is 0.609. The molecule has 2 unspecified atom stereocenters. The zero-order valence-electron chi connectivity index (χ0n) is 10.4. The Kier molecular flexibility index (Phi) is 1.89. The third-order valence-electron chi connectivity index (χ3n) is 4.68. The van der Waals surface area contributed by atoms with Gasteiger partial charge < -0.3 is 4.57 Å². The molecule has 0 radical (unpaired) electrons. The number of imidazole rings is 1. The first-order valence-corrected chi connectivity index (χ1v) is 6.63. The maximum absolute atomic E-state index is 9.15. The molecule has 1 aromatic carbocycles. The number of hydrogen-bond donors (Lipinski definition) is 0. The van der Waals surface area contributed by atoms with Crippen LogP contribution in [-0.2, 0) is 7.05 Å². The number of nitrogens with zero attached hydrogens (tertiary/aromatic N) is 3. The van der Waals surface area contributed by atoms with Crippen LogP contribution in [0.1, 0.15) is 36.6 Å². The van der Waals surface area contributed by atoms with Crippen LogP contribution in [0.4, 0.5) is 0 Å². The maximum atomic E-state index is 9.15. The fraction of sp³-hybridized carbons (Fsp3) is 0.467. The van der Waals surface area contributed by atoms with Gasteiger partial charge in [-0.15, -0.1) is 0 Å². The topological polar surface area (TPSA) is 41.6 Å². The Hall–Kier alpha value is -1.82. The Morgan fingerprint density at radius 1 is 1.28 bits per heavy atom. The average molecular weight is 237 g/mol. The number of aromatic nitrogens is 2. The van der Waals surface area contributed by atoms with Gasteiger partial charge in [-0.3, -0.25) is 0 Å². The van der Waals surface area contributed by atoms with Gasteiger partial charge in [-0.1, -0.05) is 6.07 Å². The summed E-state index contributed by atoms with van der Waals surface area (Å²) in [6.07, 6.45) is 4.03. The number of rotatable bonds is 1. The zero-order valence-corrected chi connectivity index (χ0v) is 10.4. The van der Waals surface area contributed by atoms with E-state index < -0.39 is 0 Å². The molecule has 1 aromatic heterocycles. The number of fused-ring (bicyclic) bond motifs is 2. The summed E-state index contributed by atoms with van der Waals surface area (Å²) >= 11 is 0. The SMILES string of the molecule is Cn1c(C2CC3CC3C2)nc2c(C#N)cccc21. The summed E-state index contributed by atoms with van der Waals surface area (Å²) in [6.45, 7) is 0. The highest BCUT2D eigenvalue weighted by Crippen LogP contribution is 2.57. The second-order valence-electron chi connectivity index (χ2n) is 5.74. The molecule has 2 aromatic rings.